The number of nitrogens with zero attached hydrogens (tertiary/aromatic N) is 6. The Morgan fingerprint density at radius 3 is 2.52 bits per heavy atom. The molecule has 6 nitrogen and oxygen atoms in total. The zero-order valence-electron chi connectivity index (χ0n) is 14.9. The van der Waals surface area contributed by atoms with Crippen LogP contribution >= 0.6 is 11.6 Å². The van der Waals surface area contributed by atoms with E-state index < -0.39 is 17.9 Å². The molecule has 152 valence electrons. The molecular formula is C18H15ClF4N6. The predicted molar refractivity (Wildman–Crippen MR) is 99.1 cm³/mol. The topological polar surface area (TPSA) is 50.1 Å². The Kier molecular flexibility index (Phi) is 4.18. The van der Waals surface area contributed by atoms with Gasteiger partial charge in [-0.2, -0.15) is 28.2 Å². The largest absolute Gasteiger partial charge is 0.416 e. The van der Waals surface area contributed by atoms with Crippen molar-refractivity contribution >= 4 is 28.5 Å². The lowest BCUT2D eigenvalue weighted by Crippen LogP contribution is -2.66. The summed E-state index contributed by atoms with van der Waals surface area (Å²) in [5.74, 6) is 0.576. The van der Waals surface area contributed by atoms with E-state index in [0.717, 1.165) is 12.1 Å². The molecule has 0 spiro atoms. The van der Waals surface area contributed by atoms with Crippen molar-refractivity contribution in [2.24, 2.45) is 0 Å². The van der Waals surface area contributed by atoms with Crippen molar-refractivity contribution in [3.63, 3.8) is 0 Å². The van der Waals surface area contributed by atoms with Gasteiger partial charge in [-0.05, 0) is 29.8 Å². The van der Waals surface area contributed by atoms with Gasteiger partial charge in [0.05, 0.1) is 22.8 Å². The Morgan fingerprint density at radius 1 is 1.07 bits per heavy atom. The van der Waals surface area contributed by atoms with E-state index in [9.17, 15) is 17.6 Å². The van der Waals surface area contributed by atoms with Crippen LogP contribution < -0.4 is 4.90 Å². The number of hydrogen-bond acceptors (Lipinski definition) is 5. The Morgan fingerprint density at radius 2 is 1.83 bits per heavy atom. The van der Waals surface area contributed by atoms with Gasteiger partial charge in [0, 0.05) is 32.2 Å². The zero-order chi connectivity index (χ0) is 20.3. The molecule has 0 atom stereocenters. The number of aromatic nitrogens is 4. The molecule has 0 bridgehead atoms. The van der Waals surface area contributed by atoms with Crippen LogP contribution in [0.4, 0.5) is 23.4 Å². The van der Waals surface area contributed by atoms with Crippen LogP contribution in [0.1, 0.15) is 5.56 Å². The molecule has 0 aliphatic carbocycles. The second kappa shape index (κ2) is 6.53. The van der Waals surface area contributed by atoms with Crippen LogP contribution in [-0.2, 0) is 6.18 Å². The summed E-state index contributed by atoms with van der Waals surface area (Å²) in [5.41, 5.74) is -0.215. The molecule has 4 heterocycles. The average molecular weight is 427 g/mol. The summed E-state index contributed by atoms with van der Waals surface area (Å²) in [5, 5.41) is 4.80. The number of fused-ring (bicyclic) bond motifs is 1. The molecule has 2 aromatic heterocycles. The third-order valence-corrected chi connectivity index (χ3v) is 5.51. The van der Waals surface area contributed by atoms with Crippen LogP contribution in [0, 0.1) is 0 Å². The van der Waals surface area contributed by atoms with Gasteiger partial charge in [0.15, 0.2) is 5.65 Å². The number of anilines is 1. The van der Waals surface area contributed by atoms with Gasteiger partial charge in [0.1, 0.15) is 12.0 Å². The average Bonchev–Trinajstić information content (AvgIpc) is 3.02. The highest BCUT2D eigenvalue weighted by Crippen LogP contribution is 2.34. The fraction of sp³-hybridized carbons (Fsp3) is 0.389. The molecule has 1 aromatic carbocycles. The third-order valence-electron chi connectivity index (χ3n) is 5.34. The fourth-order valence-corrected chi connectivity index (χ4v) is 3.88. The first-order chi connectivity index (χ1) is 13.8. The first kappa shape index (κ1) is 18.6. The van der Waals surface area contributed by atoms with Gasteiger partial charge in [-0.15, -0.1) is 0 Å². The standard InChI is InChI=1S/C18H15ClF4N6/c19-17-25-15(28-8-13(9-28)27-6-11(20)7-27)14-5-24-29(16(14)26-17)12-3-1-2-10(4-12)18(21,22)23/h1-5,11,13H,6-9H2. The second-order valence-electron chi connectivity index (χ2n) is 7.27. The van der Waals surface area contributed by atoms with Gasteiger partial charge in [0.25, 0.3) is 0 Å². The van der Waals surface area contributed by atoms with Crippen molar-refractivity contribution in [1.29, 1.82) is 0 Å². The zero-order valence-corrected chi connectivity index (χ0v) is 15.7. The van der Waals surface area contributed by atoms with Crippen LogP contribution in [0.3, 0.4) is 0 Å². The van der Waals surface area contributed by atoms with Gasteiger partial charge < -0.3 is 4.90 Å². The van der Waals surface area contributed by atoms with E-state index in [0.29, 0.717) is 43.0 Å². The van der Waals surface area contributed by atoms with E-state index in [-0.39, 0.29) is 17.0 Å². The summed E-state index contributed by atoms with van der Waals surface area (Å²) >= 11 is 6.10. The van der Waals surface area contributed by atoms with E-state index in [4.69, 9.17) is 11.6 Å². The molecule has 0 saturated carbocycles. The summed E-state index contributed by atoms with van der Waals surface area (Å²) in [7, 11) is 0. The lowest BCUT2D eigenvalue weighted by atomic mass is 10.0. The molecular weight excluding hydrogens is 412 g/mol. The van der Waals surface area contributed by atoms with Gasteiger partial charge in [-0.3, -0.25) is 4.90 Å². The minimum Gasteiger partial charge on any atom is -0.353 e. The van der Waals surface area contributed by atoms with E-state index in [2.05, 4.69) is 20.0 Å². The number of likely N-dealkylation sites (tertiary alicyclic amines) is 1. The van der Waals surface area contributed by atoms with Crippen molar-refractivity contribution < 1.29 is 17.6 Å². The van der Waals surface area contributed by atoms with E-state index in [1.807, 2.05) is 4.90 Å². The summed E-state index contributed by atoms with van der Waals surface area (Å²) in [6.45, 7) is 2.24. The van der Waals surface area contributed by atoms with Gasteiger partial charge >= 0.3 is 6.18 Å². The molecule has 2 aliphatic rings. The Balaban J connectivity index is 1.48. The highest BCUT2D eigenvalue weighted by molar-refractivity contribution is 6.28. The maximum absolute atomic E-state index is 13.1. The van der Waals surface area contributed by atoms with Crippen molar-refractivity contribution in [1.82, 2.24) is 24.6 Å². The molecule has 0 N–H and O–H groups in total. The van der Waals surface area contributed by atoms with Crippen LogP contribution in [0.25, 0.3) is 16.7 Å². The first-order valence-corrected chi connectivity index (χ1v) is 9.39. The van der Waals surface area contributed by atoms with E-state index in [1.54, 1.807) is 0 Å². The molecule has 11 heteroatoms. The maximum atomic E-state index is 13.1. The highest BCUT2D eigenvalue weighted by atomic mass is 35.5. The number of hydrogen-bond donors (Lipinski definition) is 0. The molecule has 2 saturated heterocycles. The van der Waals surface area contributed by atoms with Crippen molar-refractivity contribution in [2.75, 3.05) is 31.1 Å². The summed E-state index contributed by atoms with van der Waals surface area (Å²) in [4.78, 5) is 12.5. The Hall–Kier alpha value is -2.46. The normalized spacial score (nSPS) is 18.9. The Labute approximate surface area is 167 Å². The molecule has 0 radical (unpaired) electrons. The lowest BCUT2D eigenvalue weighted by molar-refractivity contribution is -0.137. The summed E-state index contributed by atoms with van der Waals surface area (Å²) < 4.78 is 53.6. The molecule has 5 rings (SSSR count). The fourth-order valence-electron chi connectivity index (χ4n) is 3.72. The molecule has 0 amide bonds. The maximum Gasteiger partial charge on any atom is 0.416 e. The van der Waals surface area contributed by atoms with Gasteiger partial charge in [-0.25, -0.2) is 9.07 Å². The van der Waals surface area contributed by atoms with Crippen LogP contribution in [0.5, 0.6) is 0 Å². The predicted octanol–water partition coefficient (Wildman–Crippen LogP) is 3.33. The molecule has 29 heavy (non-hydrogen) atoms. The van der Waals surface area contributed by atoms with Crippen molar-refractivity contribution in [2.45, 2.75) is 18.4 Å². The summed E-state index contributed by atoms with van der Waals surface area (Å²) in [6.07, 6.45) is -3.69. The van der Waals surface area contributed by atoms with Crippen molar-refractivity contribution in [3.8, 4) is 5.69 Å². The molecule has 2 aliphatic heterocycles. The number of rotatable bonds is 3. The lowest BCUT2D eigenvalue weighted by Gasteiger charge is -2.50. The van der Waals surface area contributed by atoms with E-state index >= 15 is 0 Å². The van der Waals surface area contributed by atoms with E-state index in [1.165, 1.54) is 23.0 Å². The van der Waals surface area contributed by atoms with Crippen LogP contribution in [0.2, 0.25) is 5.28 Å². The third kappa shape index (κ3) is 3.20. The highest BCUT2D eigenvalue weighted by Gasteiger charge is 2.40. The number of benzene rings is 1. The number of halogens is 5. The van der Waals surface area contributed by atoms with Crippen molar-refractivity contribution in [3.05, 3.63) is 41.3 Å². The molecule has 2 fully saturated rings. The van der Waals surface area contributed by atoms with Crippen LogP contribution in [0.15, 0.2) is 30.5 Å². The minimum absolute atomic E-state index is 0.0163. The molecule has 3 aromatic rings. The molecule has 0 unspecified atom stereocenters. The minimum atomic E-state index is -4.46. The summed E-state index contributed by atoms with van der Waals surface area (Å²) in [6, 6.07) is 5.11. The Bertz CT molecular complexity index is 1070. The SMILES string of the molecule is FC1CN(C2CN(c3nc(Cl)nc4c3cnn4-c3cccc(C(F)(F)F)c3)C2)C1. The van der Waals surface area contributed by atoms with Crippen LogP contribution in [-0.4, -0.2) is 63.0 Å². The monoisotopic (exact) mass is 426 g/mol. The second-order valence-corrected chi connectivity index (χ2v) is 7.61. The quantitative estimate of drug-likeness (QED) is 0.475. The number of alkyl halides is 4. The van der Waals surface area contributed by atoms with Gasteiger partial charge in [-0.1, -0.05) is 6.07 Å². The smallest absolute Gasteiger partial charge is 0.353 e. The van der Waals surface area contributed by atoms with Gasteiger partial charge in [0.2, 0.25) is 5.28 Å². The first-order valence-electron chi connectivity index (χ1n) is 9.01.